The number of hydrogen-bond acceptors (Lipinski definition) is 3. The number of carbonyl (C=O) groups excluding carboxylic acids is 2. The van der Waals surface area contributed by atoms with Crippen molar-refractivity contribution in [2.45, 2.75) is 33.2 Å². The summed E-state index contributed by atoms with van der Waals surface area (Å²) in [6.07, 6.45) is -0.152. The van der Waals surface area contributed by atoms with Crippen LogP contribution in [0, 0.1) is 5.92 Å². The van der Waals surface area contributed by atoms with Gasteiger partial charge in [0.1, 0.15) is 0 Å². The second-order valence-corrected chi connectivity index (χ2v) is 5.46. The number of benzene rings is 1. The SMILES string of the molecule is CC(C)COC(=O)N1c2ccccc2NC(=O)C[C@@H]1C. The molecule has 0 saturated carbocycles. The Morgan fingerprint density at radius 2 is 2.15 bits per heavy atom. The van der Waals surface area contributed by atoms with Crippen LogP contribution in [-0.2, 0) is 9.53 Å². The van der Waals surface area contributed by atoms with Crippen molar-refractivity contribution < 1.29 is 14.3 Å². The highest BCUT2D eigenvalue weighted by Crippen LogP contribution is 2.31. The molecule has 5 heteroatoms. The molecule has 1 atom stereocenters. The van der Waals surface area contributed by atoms with Crippen LogP contribution in [0.5, 0.6) is 0 Å². The van der Waals surface area contributed by atoms with Gasteiger partial charge in [0.25, 0.3) is 0 Å². The number of ether oxygens (including phenoxy) is 1. The summed E-state index contributed by atoms with van der Waals surface area (Å²) < 4.78 is 5.31. The Balaban J connectivity index is 2.30. The van der Waals surface area contributed by atoms with Crippen molar-refractivity contribution >= 4 is 23.4 Å². The average Bonchev–Trinajstić information content (AvgIpc) is 2.50. The van der Waals surface area contributed by atoms with Gasteiger partial charge >= 0.3 is 6.09 Å². The number of hydrogen-bond donors (Lipinski definition) is 1. The molecule has 1 aromatic rings. The van der Waals surface area contributed by atoms with E-state index in [0.29, 0.717) is 18.0 Å². The predicted octanol–water partition coefficient (Wildman–Crippen LogP) is 3.02. The van der Waals surface area contributed by atoms with Crippen LogP contribution in [-0.4, -0.2) is 24.6 Å². The fraction of sp³-hybridized carbons (Fsp3) is 0.467. The molecule has 0 bridgehead atoms. The summed E-state index contributed by atoms with van der Waals surface area (Å²) >= 11 is 0. The van der Waals surface area contributed by atoms with Crippen LogP contribution in [0.15, 0.2) is 24.3 Å². The summed E-state index contributed by atoms with van der Waals surface area (Å²) in [5.74, 6) is 0.181. The molecule has 1 N–H and O–H groups in total. The molecule has 108 valence electrons. The molecule has 5 nitrogen and oxygen atoms in total. The minimum Gasteiger partial charge on any atom is -0.449 e. The number of carbonyl (C=O) groups is 2. The van der Waals surface area contributed by atoms with Crippen molar-refractivity contribution in [1.29, 1.82) is 0 Å². The van der Waals surface area contributed by atoms with Crippen molar-refractivity contribution in [2.24, 2.45) is 5.92 Å². The van der Waals surface area contributed by atoms with Gasteiger partial charge in [-0.2, -0.15) is 0 Å². The monoisotopic (exact) mass is 276 g/mol. The quantitative estimate of drug-likeness (QED) is 0.903. The van der Waals surface area contributed by atoms with Gasteiger partial charge in [0.15, 0.2) is 0 Å². The molecule has 2 amide bonds. The number of para-hydroxylation sites is 2. The molecule has 0 radical (unpaired) electrons. The molecule has 20 heavy (non-hydrogen) atoms. The molecule has 1 heterocycles. The van der Waals surface area contributed by atoms with Crippen molar-refractivity contribution in [2.75, 3.05) is 16.8 Å². The summed E-state index contributed by atoms with van der Waals surface area (Å²) in [6.45, 7) is 6.18. The van der Waals surface area contributed by atoms with E-state index < -0.39 is 6.09 Å². The first kappa shape index (κ1) is 14.4. The maximum atomic E-state index is 12.3. The third-order valence-electron chi connectivity index (χ3n) is 3.10. The van der Waals surface area contributed by atoms with E-state index in [0.717, 1.165) is 0 Å². The van der Waals surface area contributed by atoms with Crippen LogP contribution >= 0.6 is 0 Å². The number of nitrogens with one attached hydrogen (secondary N) is 1. The van der Waals surface area contributed by atoms with Crippen molar-refractivity contribution in [1.82, 2.24) is 0 Å². The van der Waals surface area contributed by atoms with Crippen LogP contribution in [0.25, 0.3) is 0 Å². The molecule has 0 spiro atoms. The average molecular weight is 276 g/mol. The lowest BCUT2D eigenvalue weighted by Crippen LogP contribution is -2.39. The van der Waals surface area contributed by atoms with E-state index in [2.05, 4.69) is 5.32 Å². The smallest absolute Gasteiger partial charge is 0.414 e. The number of fused-ring (bicyclic) bond motifs is 1. The summed E-state index contributed by atoms with van der Waals surface area (Å²) in [7, 11) is 0. The third kappa shape index (κ3) is 3.10. The second-order valence-electron chi connectivity index (χ2n) is 5.46. The van der Waals surface area contributed by atoms with Gasteiger partial charge < -0.3 is 10.1 Å². The normalized spacial score (nSPS) is 18.3. The van der Waals surface area contributed by atoms with Crippen molar-refractivity contribution in [3.8, 4) is 0 Å². The molecule has 1 aliphatic heterocycles. The van der Waals surface area contributed by atoms with Gasteiger partial charge in [-0.1, -0.05) is 26.0 Å². The zero-order valence-electron chi connectivity index (χ0n) is 12.1. The van der Waals surface area contributed by atoms with Gasteiger partial charge in [-0.15, -0.1) is 0 Å². The lowest BCUT2D eigenvalue weighted by Gasteiger charge is -2.27. The van der Waals surface area contributed by atoms with Crippen LogP contribution < -0.4 is 10.2 Å². The lowest BCUT2D eigenvalue weighted by atomic mass is 10.2. The van der Waals surface area contributed by atoms with E-state index in [1.807, 2.05) is 39.0 Å². The molecule has 0 fully saturated rings. The van der Waals surface area contributed by atoms with E-state index >= 15 is 0 Å². The maximum absolute atomic E-state index is 12.3. The summed E-state index contributed by atoms with van der Waals surface area (Å²) in [5, 5.41) is 2.81. The molecular weight excluding hydrogens is 256 g/mol. The number of rotatable bonds is 2. The Morgan fingerprint density at radius 1 is 1.45 bits per heavy atom. The molecule has 0 unspecified atom stereocenters. The third-order valence-corrected chi connectivity index (χ3v) is 3.10. The number of nitrogens with zero attached hydrogens (tertiary/aromatic N) is 1. The Hall–Kier alpha value is -2.04. The molecule has 0 saturated heterocycles. The van der Waals surface area contributed by atoms with Crippen LogP contribution in [0.2, 0.25) is 0 Å². The van der Waals surface area contributed by atoms with E-state index in [1.165, 1.54) is 0 Å². The van der Waals surface area contributed by atoms with E-state index in [-0.39, 0.29) is 24.3 Å². The minimum absolute atomic E-state index is 0.0934. The Kier molecular flexibility index (Phi) is 4.27. The van der Waals surface area contributed by atoms with E-state index in [4.69, 9.17) is 4.74 Å². The Labute approximate surface area is 118 Å². The molecule has 2 rings (SSSR count). The fourth-order valence-electron chi connectivity index (χ4n) is 2.17. The first-order valence-electron chi connectivity index (χ1n) is 6.84. The number of amides is 2. The zero-order valence-corrected chi connectivity index (χ0v) is 12.1. The predicted molar refractivity (Wildman–Crippen MR) is 77.8 cm³/mol. The summed E-state index contributed by atoms with van der Waals surface area (Å²) in [5.41, 5.74) is 1.32. The zero-order chi connectivity index (χ0) is 14.7. The molecule has 0 aromatic heterocycles. The van der Waals surface area contributed by atoms with E-state index in [9.17, 15) is 9.59 Å². The topological polar surface area (TPSA) is 58.6 Å². The summed E-state index contributed by atoms with van der Waals surface area (Å²) in [4.78, 5) is 25.7. The van der Waals surface area contributed by atoms with Crippen molar-refractivity contribution in [3.63, 3.8) is 0 Å². The Morgan fingerprint density at radius 3 is 2.85 bits per heavy atom. The first-order chi connectivity index (χ1) is 9.49. The van der Waals surface area contributed by atoms with Gasteiger partial charge in [-0.05, 0) is 25.0 Å². The van der Waals surface area contributed by atoms with Gasteiger partial charge in [-0.25, -0.2) is 4.79 Å². The Bertz CT molecular complexity index is 514. The standard InChI is InChI=1S/C15H20N2O3/c1-10(2)9-20-15(19)17-11(3)8-14(18)16-12-6-4-5-7-13(12)17/h4-7,10-11H,8-9H2,1-3H3,(H,16,18)/t11-/m0/s1. The fourth-order valence-corrected chi connectivity index (χ4v) is 2.17. The lowest BCUT2D eigenvalue weighted by molar-refractivity contribution is -0.116. The largest absolute Gasteiger partial charge is 0.449 e. The van der Waals surface area contributed by atoms with Gasteiger partial charge in [-0.3, -0.25) is 9.69 Å². The highest BCUT2D eigenvalue weighted by molar-refractivity contribution is 6.02. The summed E-state index contributed by atoms with van der Waals surface area (Å²) in [6, 6.07) is 7.03. The first-order valence-corrected chi connectivity index (χ1v) is 6.84. The second kappa shape index (κ2) is 5.94. The van der Waals surface area contributed by atoms with Crippen molar-refractivity contribution in [3.05, 3.63) is 24.3 Å². The van der Waals surface area contributed by atoms with Crippen LogP contribution in [0.1, 0.15) is 27.2 Å². The van der Waals surface area contributed by atoms with Gasteiger partial charge in [0.05, 0.1) is 18.0 Å². The molecular formula is C15H20N2O3. The highest BCUT2D eigenvalue weighted by atomic mass is 16.6. The van der Waals surface area contributed by atoms with Crippen LogP contribution in [0.3, 0.4) is 0 Å². The van der Waals surface area contributed by atoms with E-state index in [1.54, 1.807) is 11.0 Å². The molecule has 0 aliphatic carbocycles. The molecule has 1 aromatic carbocycles. The van der Waals surface area contributed by atoms with Crippen LogP contribution in [0.4, 0.5) is 16.2 Å². The highest BCUT2D eigenvalue weighted by Gasteiger charge is 2.30. The minimum atomic E-state index is -0.407. The number of anilines is 2. The molecule has 1 aliphatic rings. The maximum Gasteiger partial charge on any atom is 0.414 e. The van der Waals surface area contributed by atoms with Gasteiger partial charge in [0.2, 0.25) is 5.91 Å². The van der Waals surface area contributed by atoms with Gasteiger partial charge in [0, 0.05) is 12.5 Å².